The van der Waals surface area contributed by atoms with E-state index in [-0.39, 0.29) is 12.2 Å². The molecule has 2 N–H and O–H groups in total. The number of anilines is 1. The second-order valence-corrected chi connectivity index (χ2v) is 8.70. The largest absolute Gasteiger partial charge is 0.472 e. The summed E-state index contributed by atoms with van der Waals surface area (Å²) in [5, 5.41) is 4.37. The number of nitrogen functional groups attached to an aromatic ring is 1. The Labute approximate surface area is 188 Å². The van der Waals surface area contributed by atoms with Crippen molar-refractivity contribution in [3.63, 3.8) is 0 Å². The average Bonchev–Trinajstić information content (AvgIpc) is 3.28. The third-order valence-corrected chi connectivity index (χ3v) is 4.89. The van der Waals surface area contributed by atoms with Crippen molar-refractivity contribution in [2.75, 3.05) is 18.8 Å². The maximum atomic E-state index is 12.5. The molecule has 32 heavy (non-hydrogen) atoms. The van der Waals surface area contributed by atoms with Gasteiger partial charge in [0, 0.05) is 25.4 Å². The fraction of sp³-hybridized carbons (Fsp3) is 0.435. The number of rotatable bonds is 7. The monoisotopic (exact) mass is 440 g/mol. The molecule has 0 saturated heterocycles. The van der Waals surface area contributed by atoms with E-state index in [1.807, 2.05) is 58.3 Å². The van der Waals surface area contributed by atoms with Crippen LogP contribution in [0.4, 0.5) is 10.5 Å². The second kappa shape index (κ2) is 8.94. The van der Waals surface area contributed by atoms with Crippen molar-refractivity contribution in [2.24, 2.45) is 7.05 Å². The van der Waals surface area contributed by atoms with E-state index in [4.69, 9.17) is 15.2 Å². The standard InChI is InChI=1S/C23H32N6O3/c1-8-17-11-25-20-19(24)10-16(14-29(17)20)18-12-26-27(7)21(18)31-15(3)13-28(9-2)22(30)32-23(4,5)6/h8,10-12,14-15H,1,9,13,24H2,2-7H3/t15-/m0/s1. The highest BCUT2D eigenvalue weighted by atomic mass is 16.6. The number of aryl methyl sites for hydroxylation is 1. The van der Waals surface area contributed by atoms with Gasteiger partial charge in [-0.25, -0.2) is 14.5 Å². The first-order valence-corrected chi connectivity index (χ1v) is 10.6. The van der Waals surface area contributed by atoms with Crippen LogP contribution in [0.15, 0.2) is 31.2 Å². The zero-order chi connectivity index (χ0) is 23.6. The SMILES string of the molecule is C=Cc1cnc2c(N)cc(-c3cnn(C)c3O[C@@H](C)CN(CC)C(=O)OC(C)(C)C)cn12. The maximum Gasteiger partial charge on any atom is 0.410 e. The number of fused-ring (bicyclic) bond motifs is 1. The Morgan fingerprint density at radius 3 is 2.72 bits per heavy atom. The van der Waals surface area contributed by atoms with Crippen LogP contribution < -0.4 is 10.5 Å². The van der Waals surface area contributed by atoms with Crippen molar-refractivity contribution in [1.29, 1.82) is 0 Å². The van der Waals surface area contributed by atoms with Gasteiger partial charge in [0.25, 0.3) is 0 Å². The van der Waals surface area contributed by atoms with Crippen molar-refractivity contribution in [3.8, 4) is 17.0 Å². The highest BCUT2D eigenvalue weighted by Crippen LogP contribution is 2.32. The molecule has 3 aromatic rings. The van der Waals surface area contributed by atoms with E-state index in [1.165, 1.54) is 0 Å². The molecule has 1 amide bonds. The third-order valence-electron chi connectivity index (χ3n) is 4.89. The second-order valence-electron chi connectivity index (χ2n) is 8.70. The number of nitrogens with zero attached hydrogens (tertiary/aromatic N) is 5. The molecule has 0 spiro atoms. The van der Waals surface area contributed by atoms with Crippen LogP contribution in [-0.4, -0.2) is 55.0 Å². The number of carbonyl (C=O) groups is 1. The number of hydrogen-bond donors (Lipinski definition) is 1. The summed E-state index contributed by atoms with van der Waals surface area (Å²) in [5.41, 5.74) is 9.36. The number of likely N-dealkylation sites (N-methyl/N-ethyl adjacent to an activating group) is 1. The Hall–Kier alpha value is -3.49. The Bertz CT molecular complexity index is 1120. The van der Waals surface area contributed by atoms with Crippen molar-refractivity contribution in [1.82, 2.24) is 24.1 Å². The van der Waals surface area contributed by atoms with Gasteiger partial charge in [-0.2, -0.15) is 5.10 Å². The first-order chi connectivity index (χ1) is 15.0. The van der Waals surface area contributed by atoms with Gasteiger partial charge in [0.1, 0.15) is 11.7 Å². The molecule has 0 aromatic carbocycles. The molecule has 0 unspecified atom stereocenters. The summed E-state index contributed by atoms with van der Waals surface area (Å²) in [5.74, 6) is 0.580. The van der Waals surface area contributed by atoms with E-state index in [1.54, 1.807) is 28.1 Å². The molecule has 9 nitrogen and oxygen atoms in total. The molecule has 3 aromatic heterocycles. The lowest BCUT2D eigenvalue weighted by atomic mass is 10.1. The Morgan fingerprint density at radius 2 is 2.09 bits per heavy atom. The normalized spacial score (nSPS) is 12.6. The number of aromatic nitrogens is 4. The Balaban J connectivity index is 1.85. The Morgan fingerprint density at radius 1 is 1.38 bits per heavy atom. The van der Waals surface area contributed by atoms with Gasteiger partial charge in [-0.3, -0.25) is 4.40 Å². The molecule has 1 atom stereocenters. The number of imidazole rings is 1. The van der Waals surface area contributed by atoms with Crippen LogP contribution in [0.1, 0.15) is 40.3 Å². The van der Waals surface area contributed by atoms with Crippen LogP contribution in [0.2, 0.25) is 0 Å². The van der Waals surface area contributed by atoms with Crippen molar-refractivity contribution < 1.29 is 14.3 Å². The quantitative estimate of drug-likeness (QED) is 0.596. The molecule has 0 aliphatic rings. The minimum absolute atomic E-state index is 0.297. The molecule has 3 rings (SSSR count). The summed E-state index contributed by atoms with van der Waals surface area (Å²) in [6.45, 7) is 14.1. The number of nitrogens with two attached hydrogens (primary N) is 1. The minimum Gasteiger partial charge on any atom is -0.472 e. The summed E-state index contributed by atoms with van der Waals surface area (Å²) in [7, 11) is 1.81. The molecule has 0 bridgehead atoms. The highest BCUT2D eigenvalue weighted by Gasteiger charge is 2.24. The number of ether oxygens (including phenoxy) is 2. The van der Waals surface area contributed by atoms with Crippen molar-refractivity contribution in [2.45, 2.75) is 46.3 Å². The smallest absolute Gasteiger partial charge is 0.410 e. The van der Waals surface area contributed by atoms with E-state index >= 15 is 0 Å². The molecule has 9 heteroatoms. The molecule has 0 radical (unpaired) electrons. The fourth-order valence-corrected chi connectivity index (χ4v) is 3.39. The summed E-state index contributed by atoms with van der Waals surface area (Å²) in [6, 6.07) is 1.85. The lowest BCUT2D eigenvalue weighted by Crippen LogP contribution is -2.41. The van der Waals surface area contributed by atoms with Gasteiger partial charge in [-0.05, 0) is 46.8 Å². The van der Waals surface area contributed by atoms with Gasteiger partial charge in [0.2, 0.25) is 5.88 Å². The van der Waals surface area contributed by atoms with Gasteiger partial charge >= 0.3 is 6.09 Å². The van der Waals surface area contributed by atoms with Crippen LogP contribution in [0.3, 0.4) is 0 Å². The van der Waals surface area contributed by atoms with Crippen LogP contribution >= 0.6 is 0 Å². The average molecular weight is 441 g/mol. The van der Waals surface area contributed by atoms with Gasteiger partial charge in [0.15, 0.2) is 5.65 Å². The number of amides is 1. The van der Waals surface area contributed by atoms with Gasteiger partial charge in [-0.1, -0.05) is 6.58 Å². The predicted molar refractivity (Wildman–Crippen MR) is 125 cm³/mol. The van der Waals surface area contributed by atoms with Crippen LogP contribution in [0.25, 0.3) is 22.9 Å². The van der Waals surface area contributed by atoms with E-state index in [0.717, 1.165) is 16.8 Å². The molecular weight excluding hydrogens is 408 g/mol. The Kier molecular flexibility index (Phi) is 6.47. The van der Waals surface area contributed by atoms with E-state index in [9.17, 15) is 4.79 Å². The molecule has 3 heterocycles. The summed E-state index contributed by atoms with van der Waals surface area (Å²) in [6.07, 6.45) is 6.45. The first kappa shape index (κ1) is 23.2. The van der Waals surface area contributed by atoms with E-state index < -0.39 is 5.60 Å². The van der Waals surface area contributed by atoms with Gasteiger partial charge in [0.05, 0.1) is 35.9 Å². The van der Waals surface area contributed by atoms with Crippen LogP contribution in [-0.2, 0) is 11.8 Å². The number of pyridine rings is 1. The number of carbonyl (C=O) groups excluding carboxylic acids is 1. The lowest BCUT2D eigenvalue weighted by Gasteiger charge is -2.28. The molecule has 0 aliphatic heterocycles. The van der Waals surface area contributed by atoms with Crippen LogP contribution in [0.5, 0.6) is 5.88 Å². The predicted octanol–water partition coefficient (Wildman–Crippen LogP) is 3.98. The first-order valence-electron chi connectivity index (χ1n) is 10.6. The zero-order valence-corrected chi connectivity index (χ0v) is 19.6. The molecule has 0 aliphatic carbocycles. The highest BCUT2D eigenvalue weighted by molar-refractivity contribution is 5.77. The van der Waals surface area contributed by atoms with Gasteiger partial charge in [-0.15, -0.1) is 0 Å². The summed E-state index contributed by atoms with van der Waals surface area (Å²) < 4.78 is 15.3. The molecular formula is C23H32N6O3. The van der Waals surface area contributed by atoms with Gasteiger partial charge < -0.3 is 20.1 Å². The van der Waals surface area contributed by atoms with Crippen molar-refractivity contribution >= 4 is 23.5 Å². The molecule has 0 saturated carbocycles. The third kappa shape index (κ3) is 4.87. The zero-order valence-electron chi connectivity index (χ0n) is 19.6. The fourth-order valence-electron chi connectivity index (χ4n) is 3.39. The molecule has 172 valence electrons. The van der Waals surface area contributed by atoms with Crippen molar-refractivity contribution in [3.05, 3.63) is 36.9 Å². The minimum atomic E-state index is -0.556. The summed E-state index contributed by atoms with van der Waals surface area (Å²) in [4.78, 5) is 18.5. The number of hydrogen-bond acceptors (Lipinski definition) is 6. The lowest BCUT2D eigenvalue weighted by molar-refractivity contribution is 0.0188. The van der Waals surface area contributed by atoms with E-state index in [0.29, 0.717) is 30.3 Å². The molecule has 0 fully saturated rings. The summed E-state index contributed by atoms with van der Waals surface area (Å²) >= 11 is 0. The topological polar surface area (TPSA) is 99.9 Å². The van der Waals surface area contributed by atoms with Crippen LogP contribution in [0, 0.1) is 0 Å². The van der Waals surface area contributed by atoms with E-state index in [2.05, 4.69) is 16.7 Å². The maximum absolute atomic E-state index is 12.5.